The molecule has 3 heterocycles. The SMILES string of the molecule is CCNC(=O)Cc1nccc2nn(Cc3cnc(CCC(F)(F)F)c(C)c3)cc12. The molecule has 29 heavy (non-hydrogen) atoms. The highest BCUT2D eigenvalue weighted by Crippen LogP contribution is 2.23. The van der Waals surface area contributed by atoms with Crippen molar-refractivity contribution in [2.75, 3.05) is 6.54 Å². The van der Waals surface area contributed by atoms with Crippen LogP contribution < -0.4 is 5.32 Å². The van der Waals surface area contributed by atoms with E-state index in [9.17, 15) is 18.0 Å². The summed E-state index contributed by atoms with van der Waals surface area (Å²) in [6, 6.07) is 3.61. The highest BCUT2D eigenvalue weighted by atomic mass is 19.4. The Morgan fingerprint density at radius 1 is 1.24 bits per heavy atom. The molecule has 0 aliphatic carbocycles. The molecule has 1 N–H and O–H groups in total. The molecule has 0 bridgehead atoms. The van der Waals surface area contributed by atoms with Gasteiger partial charge in [-0.25, -0.2) is 0 Å². The summed E-state index contributed by atoms with van der Waals surface area (Å²) in [5, 5.41) is 8.06. The number of hydrogen-bond donors (Lipinski definition) is 1. The summed E-state index contributed by atoms with van der Waals surface area (Å²) in [6.45, 7) is 4.59. The van der Waals surface area contributed by atoms with Crippen molar-refractivity contribution >= 4 is 16.8 Å². The van der Waals surface area contributed by atoms with E-state index in [0.717, 1.165) is 22.0 Å². The van der Waals surface area contributed by atoms with Crippen molar-refractivity contribution in [2.24, 2.45) is 0 Å². The second-order valence-electron chi connectivity index (χ2n) is 6.87. The third-order valence-corrected chi connectivity index (χ3v) is 4.50. The van der Waals surface area contributed by atoms with E-state index in [1.54, 1.807) is 30.1 Å². The minimum Gasteiger partial charge on any atom is -0.356 e. The van der Waals surface area contributed by atoms with Gasteiger partial charge in [-0.1, -0.05) is 6.07 Å². The summed E-state index contributed by atoms with van der Waals surface area (Å²) in [5.74, 6) is -0.102. The first-order chi connectivity index (χ1) is 13.7. The van der Waals surface area contributed by atoms with Crippen molar-refractivity contribution < 1.29 is 18.0 Å². The molecule has 0 atom stereocenters. The zero-order valence-electron chi connectivity index (χ0n) is 16.3. The molecule has 3 aromatic heterocycles. The lowest BCUT2D eigenvalue weighted by atomic mass is 10.1. The predicted octanol–water partition coefficient (Wildman–Crippen LogP) is 3.36. The van der Waals surface area contributed by atoms with Crippen molar-refractivity contribution in [1.82, 2.24) is 25.1 Å². The van der Waals surface area contributed by atoms with E-state index in [-0.39, 0.29) is 18.7 Å². The number of amides is 1. The molecule has 3 aromatic rings. The number of aryl methyl sites for hydroxylation is 2. The van der Waals surface area contributed by atoms with Crippen molar-refractivity contribution in [3.05, 3.63) is 53.2 Å². The van der Waals surface area contributed by atoms with E-state index in [4.69, 9.17) is 0 Å². The van der Waals surface area contributed by atoms with E-state index < -0.39 is 12.6 Å². The third kappa shape index (κ3) is 5.52. The van der Waals surface area contributed by atoms with E-state index >= 15 is 0 Å². The average Bonchev–Trinajstić information content (AvgIpc) is 3.04. The number of alkyl halides is 3. The van der Waals surface area contributed by atoms with Gasteiger partial charge >= 0.3 is 6.18 Å². The van der Waals surface area contributed by atoms with Gasteiger partial charge in [-0.05, 0) is 37.5 Å². The zero-order chi connectivity index (χ0) is 21.0. The summed E-state index contributed by atoms with van der Waals surface area (Å²) in [6.07, 6.45) is -0.00646. The van der Waals surface area contributed by atoms with Crippen LogP contribution in [-0.4, -0.2) is 38.4 Å². The molecule has 0 aromatic carbocycles. The Kier molecular flexibility index (Phi) is 6.14. The van der Waals surface area contributed by atoms with Gasteiger partial charge in [-0.2, -0.15) is 18.3 Å². The molecule has 6 nitrogen and oxygen atoms in total. The van der Waals surface area contributed by atoms with Crippen molar-refractivity contribution in [3.63, 3.8) is 0 Å². The Morgan fingerprint density at radius 2 is 2.03 bits per heavy atom. The quantitative estimate of drug-likeness (QED) is 0.654. The monoisotopic (exact) mass is 405 g/mol. The molecular formula is C20H22F3N5O. The minimum atomic E-state index is -4.19. The molecule has 0 saturated carbocycles. The molecule has 0 radical (unpaired) electrons. The van der Waals surface area contributed by atoms with E-state index in [1.807, 2.05) is 19.2 Å². The Balaban J connectivity index is 1.76. The van der Waals surface area contributed by atoms with Gasteiger partial charge in [0.05, 0.1) is 24.2 Å². The summed E-state index contributed by atoms with van der Waals surface area (Å²) in [7, 11) is 0. The fourth-order valence-electron chi connectivity index (χ4n) is 3.14. The number of likely N-dealkylation sites (N-methyl/N-ethyl adjacent to an activating group) is 1. The van der Waals surface area contributed by atoms with Crippen molar-refractivity contribution in [1.29, 1.82) is 0 Å². The summed E-state index contributed by atoms with van der Waals surface area (Å²) >= 11 is 0. The number of carbonyl (C=O) groups is 1. The molecule has 0 aliphatic rings. The number of rotatable bonds is 7. The van der Waals surface area contributed by atoms with Gasteiger partial charge in [-0.15, -0.1) is 0 Å². The first-order valence-electron chi connectivity index (χ1n) is 9.34. The highest BCUT2D eigenvalue weighted by molar-refractivity contribution is 5.86. The third-order valence-electron chi connectivity index (χ3n) is 4.50. The number of halogens is 3. The molecule has 3 rings (SSSR count). The van der Waals surface area contributed by atoms with Gasteiger partial charge in [0.25, 0.3) is 0 Å². The average molecular weight is 405 g/mol. The van der Waals surface area contributed by atoms with E-state index in [2.05, 4.69) is 20.4 Å². The zero-order valence-corrected chi connectivity index (χ0v) is 16.3. The lowest BCUT2D eigenvalue weighted by Gasteiger charge is -2.09. The Hall–Kier alpha value is -2.97. The molecule has 0 spiro atoms. The lowest BCUT2D eigenvalue weighted by molar-refractivity contribution is -0.134. The van der Waals surface area contributed by atoms with Gasteiger partial charge in [0.15, 0.2) is 0 Å². The normalized spacial score (nSPS) is 11.8. The first kappa shape index (κ1) is 20.8. The van der Waals surface area contributed by atoms with Crippen LogP contribution in [0, 0.1) is 6.92 Å². The van der Waals surface area contributed by atoms with Crippen LogP contribution in [-0.2, 0) is 24.2 Å². The summed E-state index contributed by atoms with van der Waals surface area (Å²) in [4.78, 5) is 20.4. The Bertz CT molecular complexity index is 1010. The largest absolute Gasteiger partial charge is 0.389 e. The number of fused-ring (bicyclic) bond motifs is 1. The number of aromatic nitrogens is 4. The van der Waals surface area contributed by atoms with Gasteiger partial charge < -0.3 is 5.32 Å². The fourth-order valence-corrected chi connectivity index (χ4v) is 3.14. The standard InChI is InChI=1S/C20H22F3N5O/c1-3-24-19(29)9-18-15-12-28(27-17(15)5-7-25-18)11-14-8-13(2)16(26-10-14)4-6-20(21,22)23/h5,7-8,10,12H,3-4,6,9,11H2,1-2H3,(H,24,29). The molecule has 0 fully saturated rings. The predicted molar refractivity (Wildman–Crippen MR) is 102 cm³/mol. The maximum atomic E-state index is 12.4. The summed E-state index contributed by atoms with van der Waals surface area (Å²) in [5.41, 5.74) is 3.39. The molecular weight excluding hydrogens is 383 g/mol. The van der Waals surface area contributed by atoms with Crippen molar-refractivity contribution in [3.8, 4) is 0 Å². The van der Waals surface area contributed by atoms with Crippen LogP contribution in [0.15, 0.2) is 30.7 Å². The molecule has 0 aliphatic heterocycles. The van der Waals surface area contributed by atoms with Crippen LogP contribution in [0.4, 0.5) is 13.2 Å². The topological polar surface area (TPSA) is 72.7 Å². The molecule has 0 saturated heterocycles. The molecule has 1 amide bonds. The number of nitrogens with zero attached hydrogens (tertiary/aromatic N) is 4. The maximum absolute atomic E-state index is 12.4. The Labute approximate surface area is 166 Å². The fraction of sp³-hybridized carbons (Fsp3) is 0.400. The minimum absolute atomic E-state index is 0.102. The van der Waals surface area contributed by atoms with E-state index in [0.29, 0.717) is 24.5 Å². The number of pyridine rings is 2. The molecule has 154 valence electrons. The van der Waals surface area contributed by atoms with Gasteiger partial charge in [0.2, 0.25) is 5.91 Å². The van der Waals surface area contributed by atoms with Crippen LogP contribution in [0.3, 0.4) is 0 Å². The van der Waals surface area contributed by atoms with Gasteiger partial charge in [-0.3, -0.25) is 19.4 Å². The van der Waals surface area contributed by atoms with Crippen LogP contribution in [0.2, 0.25) is 0 Å². The molecule has 0 unspecified atom stereocenters. The second-order valence-corrected chi connectivity index (χ2v) is 6.87. The van der Waals surface area contributed by atoms with Gasteiger partial charge in [0, 0.05) is 42.6 Å². The van der Waals surface area contributed by atoms with Crippen LogP contribution >= 0.6 is 0 Å². The highest BCUT2D eigenvalue weighted by Gasteiger charge is 2.27. The van der Waals surface area contributed by atoms with E-state index in [1.165, 1.54) is 0 Å². The van der Waals surface area contributed by atoms with Crippen LogP contribution in [0.5, 0.6) is 0 Å². The maximum Gasteiger partial charge on any atom is 0.389 e. The number of nitrogens with one attached hydrogen (secondary N) is 1. The molecule has 9 heteroatoms. The second kappa shape index (κ2) is 8.59. The summed E-state index contributed by atoms with van der Waals surface area (Å²) < 4.78 is 39.0. The smallest absolute Gasteiger partial charge is 0.356 e. The number of hydrogen-bond acceptors (Lipinski definition) is 4. The number of carbonyl (C=O) groups excluding carboxylic acids is 1. The first-order valence-corrected chi connectivity index (χ1v) is 9.34. The van der Waals surface area contributed by atoms with Crippen LogP contribution in [0.1, 0.15) is 35.9 Å². The van der Waals surface area contributed by atoms with Gasteiger partial charge in [0.1, 0.15) is 0 Å². The van der Waals surface area contributed by atoms with Crippen LogP contribution in [0.25, 0.3) is 10.9 Å². The van der Waals surface area contributed by atoms with Crippen molar-refractivity contribution in [2.45, 2.75) is 45.8 Å². The Morgan fingerprint density at radius 3 is 2.72 bits per heavy atom. The lowest BCUT2D eigenvalue weighted by Crippen LogP contribution is -2.24.